The van der Waals surface area contributed by atoms with Crippen LogP contribution >= 0.6 is 0 Å². The maximum Gasteiger partial charge on any atom is 0.508 e. The van der Waals surface area contributed by atoms with Crippen LogP contribution in [-0.2, 0) is 33.4 Å². The number of rotatable bonds is 15. The maximum absolute atomic E-state index is 12.2. The molecule has 0 aliphatic carbocycles. The predicted molar refractivity (Wildman–Crippen MR) is 115 cm³/mol. The minimum Gasteiger partial charge on any atom is -0.479 e. The van der Waals surface area contributed by atoms with Crippen molar-refractivity contribution in [3.63, 3.8) is 0 Å². The molecular weight excluding hydrogens is 446 g/mol. The molecule has 0 saturated heterocycles. The first kappa shape index (κ1) is 30.1. The standard InChI is InChI=1S/C20H37NO10S/c1-7-8-11-29-18(25)31-16(14(2)3)20(26,17(23)24)19(5,6)13-30-32(27,28)12-9-10-21-15(4)22/h14,16,26H,7-13H2,1-6H3,(H,21,22)(H,23,24)/t16?,20-/m1/s1. The maximum atomic E-state index is 12.2. The molecule has 188 valence electrons. The number of hydrogen-bond donors (Lipinski definition) is 3. The van der Waals surface area contributed by atoms with Crippen LogP contribution in [0.5, 0.6) is 0 Å². The van der Waals surface area contributed by atoms with Gasteiger partial charge in [0.25, 0.3) is 10.1 Å². The molecule has 0 fully saturated rings. The van der Waals surface area contributed by atoms with E-state index in [0.717, 1.165) is 6.42 Å². The Hall–Kier alpha value is -1.92. The Balaban J connectivity index is 5.46. The first-order valence-corrected chi connectivity index (χ1v) is 12.1. The number of ether oxygens (including phenoxy) is 2. The van der Waals surface area contributed by atoms with Crippen LogP contribution in [0, 0.1) is 11.3 Å². The zero-order valence-corrected chi connectivity index (χ0v) is 20.5. The highest BCUT2D eigenvalue weighted by molar-refractivity contribution is 7.86. The van der Waals surface area contributed by atoms with Crippen molar-refractivity contribution in [1.29, 1.82) is 0 Å². The van der Waals surface area contributed by atoms with E-state index >= 15 is 0 Å². The number of aliphatic carboxylic acids is 1. The van der Waals surface area contributed by atoms with Gasteiger partial charge in [-0.1, -0.05) is 41.0 Å². The summed E-state index contributed by atoms with van der Waals surface area (Å²) >= 11 is 0. The van der Waals surface area contributed by atoms with Gasteiger partial charge in [0.2, 0.25) is 11.5 Å². The molecule has 1 amide bonds. The van der Waals surface area contributed by atoms with Crippen molar-refractivity contribution in [3.05, 3.63) is 0 Å². The van der Waals surface area contributed by atoms with Gasteiger partial charge in [0.05, 0.1) is 19.0 Å². The van der Waals surface area contributed by atoms with Crippen molar-refractivity contribution in [3.8, 4) is 0 Å². The minimum atomic E-state index is -4.07. The molecule has 0 aromatic heterocycles. The molecule has 0 aromatic rings. The number of nitrogens with one attached hydrogen (secondary N) is 1. The average Bonchev–Trinajstić information content (AvgIpc) is 2.67. The number of carboxylic acid groups (broad SMARTS) is 1. The summed E-state index contributed by atoms with van der Waals surface area (Å²) < 4.78 is 39.4. The van der Waals surface area contributed by atoms with Crippen molar-refractivity contribution in [2.75, 3.05) is 25.5 Å². The monoisotopic (exact) mass is 483 g/mol. The van der Waals surface area contributed by atoms with Gasteiger partial charge in [-0.2, -0.15) is 8.42 Å². The van der Waals surface area contributed by atoms with Crippen molar-refractivity contribution < 1.29 is 46.7 Å². The zero-order chi connectivity index (χ0) is 25.2. The van der Waals surface area contributed by atoms with Crippen molar-refractivity contribution in [2.24, 2.45) is 11.3 Å². The summed E-state index contributed by atoms with van der Waals surface area (Å²) in [5.41, 5.74) is -4.38. The fourth-order valence-electron chi connectivity index (χ4n) is 2.86. The highest BCUT2D eigenvalue weighted by atomic mass is 32.2. The number of carboxylic acids is 1. The number of hydrogen-bond acceptors (Lipinski definition) is 9. The molecule has 32 heavy (non-hydrogen) atoms. The van der Waals surface area contributed by atoms with Crippen LogP contribution in [0.1, 0.15) is 60.8 Å². The smallest absolute Gasteiger partial charge is 0.479 e. The van der Waals surface area contributed by atoms with Gasteiger partial charge in [0.1, 0.15) is 6.10 Å². The Morgan fingerprint density at radius 1 is 1.12 bits per heavy atom. The molecule has 0 aliphatic rings. The van der Waals surface area contributed by atoms with E-state index in [1.165, 1.54) is 20.8 Å². The molecule has 0 radical (unpaired) electrons. The quantitative estimate of drug-likeness (QED) is 0.177. The molecular formula is C20H37NO10S. The molecule has 0 rings (SSSR count). The van der Waals surface area contributed by atoms with E-state index in [9.17, 15) is 33.0 Å². The van der Waals surface area contributed by atoms with Gasteiger partial charge in [-0.3, -0.25) is 8.98 Å². The Bertz CT molecular complexity index is 735. The molecule has 0 aromatic carbocycles. The van der Waals surface area contributed by atoms with E-state index in [-0.39, 0.29) is 25.5 Å². The first-order chi connectivity index (χ1) is 14.6. The Morgan fingerprint density at radius 3 is 2.19 bits per heavy atom. The molecule has 0 saturated carbocycles. The number of aliphatic hydroxyl groups is 1. The van der Waals surface area contributed by atoms with Gasteiger partial charge in [0.15, 0.2) is 0 Å². The van der Waals surface area contributed by atoms with Gasteiger partial charge in [0, 0.05) is 18.9 Å². The molecule has 0 aliphatic heterocycles. The second kappa shape index (κ2) is 12.9. The molecule has 1 unspecified atom stereocenters. The van der Waals surface area contributed by atoms with Crippen LogP contribution in [-0.4, -0.2) is 73.9 Å². The molecule has 3 N–H and O–H groups in total. The summed E-state index contributed by atoms with van der Waals surface area (Å²) in [5.74, 6) is -3.07. The van der Waals surface area contributed by atoms with Crippen LogP contribution in [0.15, 0.2) is 0 Å². The summed E-state index contributed by atoms with van der Waals surface area (Å²) in [6.45, 7) is 8.41. The molecule has 2 atom stereocenters. The van der Waals surface area contributed by atoms with E-state index in [2.05, 4.69) is 5.32 Å². The molecule has 0 heterocycles. The largest absolute Gasteiger partial charge is 0.508 e. The lowest BCUT2D eigenvalue weighted by molar-refractivity contribution is -0.206. The average molecular weight is 484 g/mol. The molecule has 11 nitrogen and oxygen atoms in total. The van der Waals surface area contributed by atoms with Crippen LogP contribution < -0.4 is 5.32 Å². The highest BCUT2D eigenvalue weighted by Gasteiger charge is 2.59. The lowest BCUT2D eigenvalue weighted by atomic mass is 9.69. The molecule has 12 heteroatoms. The lowest BCUT2D eigenvalue weighted by Gasteiger charge is -2.44. The Labute approximate surface area is 189 Å². The predicted octanol–water partition coefficient (Wildman–Crippen LogP) is 1.68. The summed E-state index contributed by atoms with van der Waals surface area (Å²) in [6.07, 6.45) is -1.23. The second-order valence-electron chi connectivity index (χ2n) is 8.55. The minimum absolute atomic E-state index is 0.0783. The first-order valence-electron chi connectivity index (χ1n) is 10.5. The second-order valence-corrected chi connectivity index (χ2v) is 10.3. The highest BCUT2D eigenvalue weighted by Crippen LogP contribution is 2.39. The van der Waals surface area contributed by atoms with Crippen LogP contribution in [0.3, 0.4) is 0 Å². The van der Waals surface area contributed by atoms with Crippen LogP contribution in [0.25, 0.3) is 0 Å². The van der Waals surface area contributed by atoms with Crippen molar-refractivity contribution in [1.82, 2.24) is 5.32 Å². The number of unbranched alkanes of at least 4 members (excludes halogenated alkanes) is 1. The summed E-state index contributed by atoms with van der Waals surface area (Å²) in [5, 5.41) is 23.5. The van der Waals surface area contributed by atoms with E-state index < -0.39 is 57.6 Å². The van der Waals surface area contributed by atoms with Crippen LogP contribution in [0.4, 0.5) is 4.79 Å². The molecule has 0 bridgehead atoms. The summed E-state index contributed by atoms with van der Waals surface area (Å²) in [4.78, 5) is 35.0. The van der Waals surface area contributed by atoms with E-state index in [1.807, 2.05) is 6.92 Å². The number of amides is 1. The summed E-state index contributed by atoms with van der Waals surface area (Å²) in [6, 6.07) is 0. The fraction of sp³-hybridized carbons (Fsp3) is 0.850. The third-order valence-corrected chi connectivity index (χ3v) is 6.13. The zero-order valence-electron chi connectivity index (χ0n) is 19.7. The Morgan fingerprint density at radius 2 is 1.72 bits per heavy atom. The third kappa shape index (κ3) is 9.29. The molecule has 0 spiro atoms. The van der Waals surface area contributed by atoms with Crippen LogP contribution in [0.2, 0.25) is 0 Å². The van der Waals surface area contributed by atoms with E-state index in [0.29, 0.717) is 6.42 Å². The van der Waals surface area contributed by atoms with Crippen molar-refractivity contribution >= 4 is 28.1 Å². The lowest BCUT2D eigenvalue weighted by Crippen LogP contribution is -2.63. The van der Waals surface area contributed by atoms with Gasteiger partial charge in [-0.05, 0) is 18.8 Å². The Kier molecular flexibility index (Phi) is 12.2. The van der Waals surface area contributed by atoms with Gasteiger partial charge in [-0.25, -0.2) is 9.59 Å². The normalized spacial score (nSPS) is 15.0. The van der Waals surface area contributed by atoms with Gasteiger partial charge >= 0.3 is 12.1 Å². The topological polar surface area (TPSA) is 166 Å². The number of carbonyl (C=O) groups is 3. The van der Waals surface area contributed by atoms with Gasteiger partial charge < -0.3 is 25.0 Å². The van der Waals surface area contributed by atoms with E-state index in [1.54, 1.807) is 13.8 Å². The van der Waals surface area contributed by atoms with E-state index in [4.69, 9.17) is 13.7 Å². The third-order valence-electron chi connectivity index (χ3n) is 4.86. The van der Waals surface area contributed by atoms with Crippen molar-refractivity contribution in [2.45, 2.75) is 72.5 Å². The van der Waals surface area contributed by atoms with Gasteiger partial charge in [-0.15, -0.1) is 0 Å². The SMILES string of the molecule is CCCCOC(=O)OC(C(C)C)[C@@](O)(C(=O)O)C(C)(C)COS(=O)(=O)CCCNC(C)=O. The fourth-order valence-corrected chi connectivity index (χ4v) is 3.95. The number of carbonyl (C=O) groups excluding carboxylic acids is 2. The summed E-state index contributed by atoms with van der Waals surface area (Å²) in [7, 11) is -4.07.